The van der Waals surface area contributed by atoms with Crippen molar-refractivity contribution in [2.24, 2.45) is 0 Å². The molecule has 0 saturated heterocycles. The van der Waals surface area contributed by atoms with Crippen LogP contribution < -0.4 is 24.8 Å². The summed E-state index contributed by atoms with van der Waals surface area (Å²) in [5.74, 6) is 0. The molecule has 0 aromatic heterocycles. The molecule has 0 aliphatic carbocycles. The molecular formula is H4CaCl2MgO4S. The van der Waals surface area contributed by atoms with Crippen molar-refractivity contribution < 1.29 is 45.2 Å². The second kappa shape index (κ2) is 13.1. The molecule has 4 nitrogen and oxygen atoms in total. The molecule has 9 heavy (non-hydrogen) atoms. The second-order valence-electron chi connectivity index (χ2n) is 0.448. The summed E-state index contributed by atoms with van der Waals surface area (Å²) in [7, 11) is -4.67. The van der Waals surface area contributed by atoms with E-state index < -0.39 is 10.4 Å². The van der Waals surface area contributed by atoms with Gasteiger partial charge < -0.3 is 27.7 Å². The van der Waals surface area contributed by atoms with E-state index in [1.54, 1.807) is 0 Å². The van der Waals surface area contributed by atoms with Crippen LogP contribution in [-0.2, 0) is 10.4 Å². The van der Waals surface area contributed by atoms with Crippen molar-refractivity contribution >= 4 is 71.2 Å². The van der Waals surface area contributed by atoms with Crippen molar-refractivity contribution in [3.8, 4) is 0 Å². The second-order valence-corrected chi connectivity index (χ2v) is 1.34. The Bertz CT molecular complexity index is 109. The molecule has 0 aromatic rings. The van der Waals surface area contributed by atoms with Gasteiger partial charge >= 0.3 is 71.2 Å². The van der Waals surface area contributed by atoms with Crippen LogP contribution in [0.25, 0.3) is 0 Å². The third kappa shape index (κ3) is 123. The van der Waals surface area contributed by atoms with Crippen molar-refractivity contribution in [1.82, 2.24) is 0 Å². The first-order chi connectivity index (χ1) is 2.00. The molecule has 0 fully saturated rings. The van der Waals surface area contributed by atoms with E-state index in [2.05, 4.69) is 0 Å². The zero-order chi connectivity index (χ0) is 4.50. The third-order valence-corrected chi connectivity index (χ3v) is 0. The molecular weight excluding hydrogens is 231 g/mol. The first-order valence-corrected chi connectivity index (χ1v) is 2.10. The van der Waals surface area contributed by atoms with E-state index in [0.29, 0.717) is 0 Å². The van der Waals surface area contributed by atoms with Gasteiger partial charge in [-0.15, -0.1) is 0 Å². The molecule has 0 rings (SSSR count). The van der Waals surface area contributed by atoms with Gasteiger partial charge in [0.25, 0.3) is 0 Å². The van der Waals surface area contributed by atoms with Gasteiger partial charge in [0, 0.05) is 0 Å². The molecule has 0 bridgehead atoms. The van der Waals surface area contributed by atoms with E-state index in [-0.39, 0.29) is 88.5 Å². The maximum atomic E-state index is 8.74. The Hall–Kier alpha value is 2.48. The first-order valence-electron chi connectivity index (χ1n) is 0.698. The van der Waals surface area contributed by atoms with Crippen LogP contribution in [0.4, 0.5) is 0 Å². The molecule has 0 heterocycles. The van der Waals surface area contributed by atoms with Gasteiger partial charge in [-0.25, -0.2) is 0 Å². The van der Waals surface area contributed by atoms with E-state index in [0.717, 1.165) is 0 Å². The van der Waals surface area contributed by atoms with Crippen LogP contribution in [0.1, 0.15) is 2.85 Å². The quantitative estimate of drug-likeness (QED) is 0.323. The monoisotopic (exact) mass is 234 g/mol. The minimum absolute atomic E-state index is 0. The molecule has 52 valence electrons. The number of halogens is 2. The fourth-order valence-corrected chi connectivity index (χ4v) is 0. The summed E-state index contributed by atoms with van der Waals surface area (Å²) >= 11 is 0. The summed E-state index contributed by atoms with van der Waals surface area (Å²) in [5.41, 5.74) is 0. The molecule has 0 atom stereocenters. The maximum absolute atomic E-state index is 8.74. The van der Waals surface area contributed by atoms with Gasteiger partial charge in [0.2, 0.25) is 0 Å². The number of rotatable bonds is 0. The predicted molar refractivity (Wildman–Crippen MR) is 27.9 cm³/mol. The van der Waals surface area contributed by atoms with E-state index in [1.165, 1.54) is 0 Å². The molecule has 0 aromatic carbocycles. The van der Waals surface area contributed by atoms with Crippen LogP contribution in [0, 0.1) is 0 Å². The Kier molecular flexibility index (Phi) is 43.7. The zero-order valence-electron chi connectivity index (χ0n) is 6.29. The van der Waals surface area contributed by atoms with Crippen LogP contribution in [0.2, 0.25) is 0 Å². The van der Waals surface area contributed by atoms with Crippen molar-refractivity contribution in [1.29, 1.82) is 0 Å². The minimum atomic E-state index is -4.67. The van der Waals surface area contributed by atoms with Crippen LogP contribution >= 0.6 is 0 Å². The average Bonchev–Trinajstić information content (AvgIpc) is 0.722. The SMILES string of the molecule is O=S(=O)(O)O.[Ca+2].[Cl-].[Cl-].[H-].[H-].[Mg+2]. The van der Waals surface area contributed by atoms with Crippen molar-refractivity contribution in [3.05, 3.63) is 0 Å². The summed E-state index contributed by atoms with van der Waals surface area (Å²) in [6.45, 7) is 0. The van der Waals surface area contributed by atoms with Gasteiger partial charge in [0.1, 0.15) is 0 Å². The summed E-state index contributed by atoms with van der Waals surface area (Å²) in [6, 6.07) is 0. The van der Waals surface area contributed by atoms with Crippen LogP contribution in [0.15, 0.2) is 0 Å². The van der Waals surface area contributed by atoms with Crippen molar-refractivity contribution in [2.75, 3.05) is 0 Å². The summed E-state index contributed by atoms with van der Waals surface area (Å²) in [6.07, 6.45) is 0. The first kappa shape index (κ1) is 30.0. The van der Waals surface area contributed by atoms with E-state index in [1.807, 2.05) is 0 Å². The van der Waals surface area contributed by atoms with Gasteiger partial charge in [-0.05, 0) is 0 Å². The Labute approximate surface area is 115 Å². The topological polar surface area (TPSA) is 74.6 Å². The molecule has 9 heteroatoms. The van der Waals surface area contributed by atoms with E-state index in [9.17, 15) is 0 Å². The van der Waals surface area contributed by atoms with Gasteiger partial charge in [-0.3, -0.25) is 9.11 Å². The van der Waals surface area contributed by atoms with Crippen LogP contribution in [0.5, 0.6) is 0 Å². The zero-order valence-corrected chi connectivity index (χ0v) is 10.2. The summed E-state index contributed by atoms with van der Waals surface area (Å²) < 4.78 is 31.6. The number of hydrogen-bond donors (Lipinski definition) is 2. The number of hydrogen-bond acceptors (Lipinski definition) is 2. The standard InChI is InChI=1S/Ca.2ClH.Mg.H2O4S.2H/c;;;;1-5(2,3)4;;/h;2*1H;;(H2,1,2,3,4);;/q+2;;;+2;;2*-1/p-2. The molecule has 0 saturated carbocycles. The Morgan fingerprint density at radius 2 is 1.11 bits per heavy atom. The fourth-order valence-electron chi connectivity index (χ4n) is 0. The molecule has 0 aliphatic rings. The minimum Gasteiger partial charge on any atom is -1.00 e. The summed E-state index contributed by atoms with van der Waals surface area (Å²) in [5, 5.41) is 0. The van der Waals surface area contributed by atoms with Crippen LogP contribution in [-0.4, -0.2) is 78.3 Å². The molecule has 0 amide bonds. The molecule has 0 aliphatic heterocycles. The summed E-state index contributed by atoms with van der Waals surface area (Å²) in [4.78, 5) is 0. The van der Waals surface area contributed by atoms with E-state index >= 15 is 0 Å². The predicted octanol–water partition coefficient (Wildman–Crippen LogP) is -7.18. The fraction of sp³-hybridized carbons (Fsp3) is 0. The Balaban J connectivity index is -0.00000000533. The van der Waals surface area contributed by atoms with Gasteiger partial charge in [0.15, 0.2) is 0 Å². The third-order valence-electron chi connectivity index (χ3n) is 0. The molecule has 0 unspecified atom stereocenters. The van der Waals surface area contributed by atoms with Crippen molar-refractivity contribution in [3.63, 3.8) is 0 Å². The van der Waals surface area contributed by atoms with Crippen molar-refractivity contribution in [2.45, 2.75) is 0 Å². The molecule has 2 N–H and O–H groups in total. The average molecular weight is 235 g/mol. The van der Waals surface area contributed by atoms with Crippen LogP contribution in [0.3, 0.4) is 0 Å². The largest absolute Gasteiger partial charge is 2.00 e. The Morgan fingerprint density at radius 3 is 1.11 bits per heavy atom. The van der Waals surface area contributed by atoms with Gasteiger partial charge in [0.05, 0.1) is 0 Å². The van der Waals surface area contributed by atoms with Gasteiger partial charge in [-0.1, -0.05) is 0 Å². The normalized spacial score (nSPS) is 6.44. The van der Waals surface area contributed by atoms with Gasteiger partial charge in [-0.2, -0.15) is 8.42 Å². The maximum Gasteiger partial charge on any atom is 2.00 e. The Morgan fingerprint density at radius 1 is 1.11 bits per heavy atom. The molecule has 0 radical (unpaired) electrons. The van der Waals surface area contributed by atoms with E-state index in [4.69, 9.17) is 17.5 Å². The molecule has 0 spiro atoms. The smallest absolute Gasteiger partial charge is 1.00 e.